The summed E-state index contributed by atoms with van der Waals surface area (Å²) in [5.41, 5.74) is 3.16. The lowest BCUT2D eigenvalue weighted by atomic mass is 10.0. The van der Waals surface area contributed by atoms with Gasteiger partial charge in [0.2, 0.25) is 0 Å². The number of nitrogens with zero attached hydrogens (tertiary/aromatic N) is 2. The zero-order valence-corrected chi connectivity index (χ0v) is 12.2. The molecule has 22 heavy (non-hydrogen) atoms. The molecule has 1 aliphatic heterocycles. The van der Waals surface area contributed by atoms with Crippen molar-refractivity contribution >= 4 is 17.3 Å². The summed E-state index contributed by atoms with van der Waals surface area (Å²) in [7, 11) is 2.02. The summed E-state index contributed by atoms with van der Waals surface area (Å²) >= 11 is 0. The van der Waals surface area contributed by atoms with Crippen LogP contribution in [0.25, 0.3) is 11.5 Å². The Labute approximate surface area is 128 Å². The van der Waals surface area contributed by atoms with E-state index in [1.807, 2.05) is 43.4 Å². The van der Waals surface area contributed by atoms with Gasteiger partial charge in [-0.3, -0.25) is 5.10 Å². The first kappa shape index (κ1) is 12.7. The van der Waals surface area contributed by atoms with Crippen LogP contribution >= 0.6 is 0 Å². The van der Waals surface area contributed by atoms with E-state index in [4.69, 9.17) is 4.74 Å². The lowest BCUT2D eigenvalue weighted by Gasteiger charge is -2.30. The maximum Gasteiger partial charge on any atom is 0.189 e. The van der Waals surface area contributed by atoms with Gasteiger partial charge in [0.05, 0.1) is 11.9 Å². The predicted molar refractivity (Wildman–Crippen MR) is 87.3 cm³/mol. The molecule has 0 saturated heterocycles. The monoisotopic (exact) mass is 289 g/mol. The van der Waals surface area contributed by atoms with Gasteiger partial charge in [-0.2, -0.15) is 5.10 Å². The topological polar surface area (TPSA) is 41.1 Å². The van der Waals surface area contributed by atoms with E-state index in [-0.39, 0.29) is 0 Å². The second-order valence-electron chi connectivity index (χ2n) is 5.15. The smallest absolute Gasteiger partial charge is 0.189 e. The second-order valence-corrected chi connectivity index (χ2v) is 5.15. The standard InChI is InChI=1S/C18H15N3O/c1-21-16(13-8-4-2-5-9-13)17(14-10-6-3-7-11-14)22-15-12-19-20-18(15)21/h2-12H,1H3,(H,19,20). The first-order valence-corrected chi connectivity index (χ1v) is 7.14. The normalized spacial score (nSPS) is 13.8. The molecule has 0 saturated carbocycles. The van der Waals surface area contributed by atoms with Gasteiger partial charge in [-0.25, -0.2) is 0 Å². The number of nitrogens with one attached hydrogen (secondary N) is 1. The molecule has 4 heteroatoms. The molecule has 0 unspecified atom stereocenters. The van der Waals surface area contributed by atoms with Crippen LogP contribution in [0.2, 0.25) is 0 Å². The van der Waals surface area contributed by atoms with Gasteiger partial charge in [-0.15, -0.1) is 0 Å². The summed E-state index contributed by atoms with van der Waals surface area (Å²) in [6.45, 7) is 0. The maximum atomic E-state index is 6.14. The van der Waals surface area contributed by atoms with Crippen molar-refractivity contribution in [1.29, 1.82) is 0 Å². The molecule has 2 aromatic carbocycles. The number of benzene rings is 2. The van der Waals surface area contributed by atoms with Crippen molar-refractivity contribution < 1.29 is 4.74 Å². The molecule has 108 valence electrons. The molecule has 1 N–H and O–H groups in total. The lowest BCUT2D eigenvalue weighted by Crippen LogP contribution is -2.23. The van der Waals surface area contributed by atoms with Crippen molar-refractivity contribution in [3.8, 4) is 5.75 Å². The molecule has 1 aromatic heterocycles. The molecule has 3 aromatic rings. The van der Waals surface area contributed by atoms with Gasteiger partial charge in [-0.05, 0) is 0 Å². The Morgan fingerprint density at radius 3 is 2.23 bits per heavy atom. The summed E-state index contributed by atoms with van der Waals surface area (Å²) in [6, 6.07) is 20.4. The Balaban J connectivity index is 1.95. The number of rotatable bonds is 2. The average molecular weight is 289 g/mol. The number of ether oxygens (including phenoxy) is 1. The first-order chi connectivity index (χ1) is 10.8. The quantitative estimate of drug-likeness (QED) is 0.781. The highest BCUT2D eigenvalue weighted by molar-refractivity contribution is 5.97. The van der Waals surface area contributed by atoms with Crippen LogP contribution in [0.5, 0.6) is 5.75 Å². The van der Waals surface area contributed by atoms with Crippen LogP contribution < -0.4 is 9.64 Å². The second kappa shape index (κ2) is 5.07. The Morgan fingerprint density at radius 1 is 0.909 bits per heavy atom. The van der Waals surface area contributed by atoms with Crippen LogP contribution in [0, 0.1) is 0 Å². The molecule has 0 radical (unpaired) electrons. The van der Waals surface area contributed by atoms with E-state index in [0.29, 0.717) is 0 Å². The van der Waals surface area contributed by atoms with Crippen LogP contribution in [0.15, 0.2) is 66.9 Å². The van der Waals surface area contributed by atoms with E-state index in [1.165, 1.54) is 0 Å². The molecule has 0 fully saturated rings. The average Bonchev–Trinajstić information content (AvgIpc) is 3.05. The summed E-state index contributed by atoms with van der Waals surface area (Å²) in [6.07, 6.45) is 1.70. The van der Waals surface area contributed by atoms with Crippen molar-refractivity contribution in [1.82, 2.24) is 10.2 Å². The number of aromatic amines is 1. The van der Waals surface area contributed by atoms with Gasteiger partial charge >= 0.3 is 0 Å². The minimum Gasteiger partial charge on any atom is -0.449 e. The third-order valence-electron chi connectivity index (χ3n) is 3.77. The summed E-state index contributed by atoms with van der Waals surface area (Å²) in [5.74, 6) is 2.43. The highest BCUT2D eigenvalue weighted by Crippen LogP contribution is 2.41. The van der Waals surface area contributed by atoms with Crippen LogP contribution in [0.3, 0.4) is 0 Å². The van der Waals surface area contributed by atoms with Crippen molar-refractivity contribution in [2.75, 3.05) is 11.9 Å². The highest BCUT2D eigenvalue weighted by atomic mass is 16.5. The fraction of sp³-hybridized carbons (Fsp3) is 0.0556. The third-order valence-corrected chi connectivity index (χ3v) is 3.77. The summed E-state index contributed by atoms with van der Waals surface area (Å²) < 4.78 is 6.14. The Kier molecular flexibility index (Phi) is 2.93. The van der Waals surface area contributed by atoms with E-state index >= 15 is 0 Å². The maximum absolute atomic E-state index is 6.14. The number of hydrogen-bond donors (Lipinski definition) is 1. The van der Waals surface area contributed by atoms with Crippen LogP contribution in [-0.4, -0.2) is 17.2 Å². The minimum absolute atomic E-state index is 0.737. The fourth-order valence-corrected chi connectivity index (χ4v) is 2.71. The van der Waals surface area contributed by atoms with E-state index < -0.39 is 0 Å². The Bertz CT molecular complexity index is 822. The number of H-pyrrole nitrogens is 1. The molecule has 4 nitrogen and oxygen atoms in total. The predicted octanol–water partition coefficient (Wildman–Crippen LogP) is 3.76. The Morgan fingerprint density at radius 2 is 1.55 bits per heavy atom. The molecule has 0 bridgehead atoms. The van der Waals surface area contributed by atoms with Gasteiger partial charge < -0.3 is 9.64 Å². The highest BCUT2D eigenvalue weighted by Gasteiger charge is 2.27. The van der Waals surface area contributed by atoms with Gasteiger partial charge in [0.25, 0.3) is 0 Å². The zero-order chi connectivity index (χ0) is 14.9. The molecule has 4 rings (SSSR count). The van der Waals surface area contributed by atoms with Gasteiger partial charge in [-0.1, -0.05) is 60.7 Å². The molecule has 0 aliphatic carbocycles. The summed E-state index contributed by atoms with van der Waals surface area (Å²) in [5, 5.41) is 7.09. The molecule has 0 amide bonds. The Hall–Kier alpha value is -3.01. The number of fused-ring (bicyclic) bond motifs is 1. The first-order valence-electron chi connectivity index (χ1n) is 7.14. The van der Waals surface area contributed by atoms with Crippen molar-refractivity contribution in [2.45, 2.75) is 0 Å². The van der Waals surface area contributed by atoms with Crippen molar-refractivity contribution in [3.05, 3.63) is 78.0 Å². The molecule has 0 atom stereocenters. The summed E-state index contributed by atoms with van der Waals surface area (Å²) in [4.78, 5) is 2.09. The van der Waals surface area contributed by atoms with Gasteiger partial charge in [0.1, 0.15) is 0 Å². The molecular formula is C18H15N3O. The largest absolute Gasteiger partial charge is 0.449 e. The van der Waals surface area contributed by atoms with Crippen LogP contribution in [-0.2, 0) is 0 Å². The molecule has 1 aliphatic rings. The fourth-order valence-electron chi connectivity index (χ4n) is 2.71. The van der Waals surface area contributed by atoms with Crippen molar-refractivity contribution in [3.63, 3.8) is 0 Å². The van der Waals surface area contributed by atoms with Crippen LogP contribution in [0.4, 0.5) is 5.82 Å². The number of anilines is 1. The molecule has 0 spiro atoms. The van der Waals surface area contributed by atoms with Gasteiger partial charge in [0, 0.05) is 18.2 Å². The number of hydrogen-bond acceptors (Lipinski definition) is 3. The van der Waals surface area contributed by atoms with Crippen molar-refractivity contribution in [2.24, 2.45) is 0 Å². The molecular weight excluding hydrogens is 274 g/mol. The van der Waals surface area contributed by atoms with Gasteiger partial charge in [0.15, 0.2) is 17.3 Å². The van der Waals surface area contributed by atoms with E-state index in [1.54, 1.807) is 6.20 Å². The van der Waals surface area contributed by atoms with E-state index in [0.717, 1.165) is 34.2 Å². The van der Waals surface area contributed by atoms with E-state index in [2.05, 4.69) is 39.4 Å². The number of aromatic nitrogens is 2. The SMILES string of the molecule is CN1C(c2ccccc2)=C(c2ccccc2)Oc2cn[nH]c21. The van der Waals surface area contributed by atoms with E-state index in [9.17, 15) is 0 Å². The lowest BCUT2D eigenvalue weighted by molar-refractivity contribution is 0.509. The minimum atomic E-state index is 0.737. The third kappa shape index (κ3) is 1.97. The molecule has 2 heterocycles. The zero-order valence-electron chi connectivity index (χ0n) is 12.2. The van der Waals surface area contributed by atoms with Crippen LogP contribution in [0.1, 0.15) is 11.1 Å².